The van der Waals surface area contributed by atoms with Crippen LogP contribution in [0.15, 0.2) is 0 Å². The smallest absolute Gasteiger partial charge is 0.377 e. The minimum absolute atomic E-state index is 1.53. The van der Waals surface area contributed by atoms with E-state index >= 15 is 0 Å². The monoisotopic (exact) mass is 246 g/mol. The van der Waals surface area contributed by atoms with Gasteiger partial charge in [-0.1, -0.05) is 0 Å². The second-order valence-corrected chi connectivity index (χ2v) is 2.68. The number of alkyl halides is 8. The molecule has 0 atom stereocenters. The van der Waals surface area contributed by atoms with Gasteiger partial charge in [-0.2, -0.15) is 26.3 Å². The first-order valence-electron chi connectivity index (χ1n) is 3.53. The molecular weight excluding hydrogens is 240 g/mol. The molecule has 0 fully saturated rings. The molecule has 0 heterocycles. The normalized spacial score (nSPS) is 14.8. The molecule has 15 heavy (non-hydrogen) atoms. The van der Waals surface area contributed by atoms with Gasteiger partial charge < -0.3 is 5.11 Å². The number of rotatable bonds is 5. The van der Waals surface area contributed by atoms with E-state index in [4.69, 9.17) is 5.11 Å². The summed E-state index contributed by atoms with van der Waals surface area (Å²) < 4.78 is 96.4. The summed E-state index contributed by atoms with van der Waals surface area (Å²) in [5.74, 6) is -17.8. The molecule has 0 amide bonds. The molecule has 1 nitrogen and oxygen atoms in total. The Morgan fingerprint density at radius 1 is 0.933 bits per heavy atom. The molecule has 0 aliphatic carbocycles. The van der Waals surface area contributed by atoms with Gasteiger partial charge in [-0.3, -0.25) is 0 Å². The third-order valence-corrected chi connectivity index (χ3v) is 1.58. The van der Waals surface area contributed by atoms with Gasteiger partial charge in [0.1, 0.15) is 0 Å². The van der Waals surface area contributed by atoms with E-state index in [1.165, 1.54) is 0 Å². The summed E-state index contributed by atoms with van der Waals surface area (Å²) in [5, 5.41) is 7.92. The summed E-state index contributed by atoms with van der Waals surface area (Å²) in [7, 11) is 0. The van der Waals surface area contributed by atoms with Crippen LogP contribution in [0.25, 0.3) is 0 Å². The minimum Gasteiger partial charge on any atom is -0.396 e. The molecular formula is C6H6F8O. The van der Waals surface area contributed by atoms with E-state index in [1.54, 1.807) is 0 Å². The number of hydrogen-bond acceptors (Lipinski definition) is 1. The Morgan fingerprint density at radius 2 is 1.33 bits per heavy atom. The topological polar surface area (TPSA) is 20.2 Å². The lowest BCUT2D eigenvalue weighted by molar-refractivity contribution is -0.340. The average Bonchev–Trinajstić information content (AvgIpc) is 2.02. The van der Waals surface area contributed by atoms with Crippen molar-refractivity contribution in [2.75, 3.05) is 6.61 Å². The molecule has 0 aromatic heterocycles. The predicted octanol–water partition coefficient (Wildman–Crippen LogP) is 2.54. The largest absolute Gasteiger partial charge is 0.396 e. The molecule has 1 N–H and O–H groups in total. The van der Waals surface area contributed by atoms with Crippen LogP contribution < -0.4 is 0 Å². The predicted molar refractivity (Wildman–Crippen MR) is 32.5 cm³/mol. The summed E-state index contributed by atoms with van der Waals surface area (Å²) in [5.41, 5.74) is 0. The summed E-state index contributed by atoms with van der Waals surface area (Å²) in [6, 6.07) is 0. The SMILES string of the molecule is OCCC(F)(F)C(F)(F)C(F)(F)C(F)F. The van der Waals surface area contributed by atoms with E-state index in [9.17, 15) is 35.1 Å². The van der Waals surface area contributed by atoms with Gasteiger partial charge in [-0.25, -0.2) is 8.78 Å². The first-order valence-corrected chi connectivity index (χ1v) is 3.53. The van der Waals surface area contributed by atoms with Crippen molar-refractivity contribution in [3.05, 3.63) is 0 Å². The Bertz CT molecular complexity index is 213. The fourth-order valence-corrected chi connectivity index (χ4v) is 0.678. The molecule has 9 heteroatoms. The number of aliphatic hydroxyl groups excluding tert-OH is 1. The lowest BCUT2D eigenvalue weighted by atomic mass is 10.0. The highest BCUT2D eigenvalue weighted by atomic mass is 19.4. The molecule has 0 unspecified atom stereocenters. The molecule has 0 bridgehead atoms. The van der Waals surface area contributed by atoms with E-state index in [0.717, 1.165) is 0 Å². The van der Waals surface area contributed by atoms with Crippen molar-refractivity contribution in [3.63, 3.8) is 0 Å². The van der Waals surface area contributed by atoms with Gasteiger partial charge >= 0.3 is 24.2 Å². The Balaban J connectivity index is 5.11. The van der Waals surface area contributed by atoms with Crippen molar-refractivity contribution in [2.45, 2.75) is 30.6 Å². The molecule has 92 valence electrons. The van der Waals surface area contributed by atoms with Crippen molar-refractivity contribution in [1.82, 2.24) is 0 Å². The molecule has 0 saturated heterocycles. The van der Waals surface area contributed by atoms with Gasteiger partial charge in [0.2, 0.25) is 0 Å². The van der Waals surface area contributed by atoms with E-state index in [1.807, 2.05) is 0 Å². The number of halogens is 8. The van der Waals surface area contributed by atoms with Crippen LogP contribution in [-0.2, 0) is 0 Å². The second-order valence-electron chi connectivity index (χ2n) is 2.68. The van der Waals surface area contributed by atoms with Crippen LogP contribution in [0.1, 0.15) is 6.42 Å². The molecule has 0 aromatic rings. The molecule has 0 rings (SSSR count). The highest BCUT2D eigenvalue weighted by Crippen LogP contribution is 2.49. The number of hydrogen-bond donors (Lipinski definition) is 1. The number of aliphatic hydroxyl groups is 1. The summed E-state index contributed by atoms with van der Waals surface area (Å²) >= 11 is 0. The van der Waals surface area contributed by atoms with Crippen molar-refractivity contribution in [2.24, 2.45) is 0 Å². The van der Waals surface area contributed by atoms with Gasteiger partial charge in [0.05, 0.1) is 0 Å². The Kier molecular flexibility index (Phi) is 3.94. The zero-order chi connectivity index (χ0) is 12.5. The van der Waals surface area contributed by atoms with Crippen LogP contribution in [0.4, 0.5) is 35.1 Å². The van der Waals surface area contributed by atoms with Crippen molar-refractivity contribution in [3.8, 4) is 0 Å². The van der Waals surface area contributed by atoms with Crippen LogP contribution in [0.5, 0.6) is 0 Å². The fourth-order valence-electron chi connectivity index (χ4n) is 0.678. The van der Waals surface area contributed by atoms with Gasteiger partial charge in [-0.15, -0.1) is 0 Å². The van der Waals surface area contributed by atoms with Gasteiger partial charge in [0, 0.05) is 13.0 Å². The molecule has 0 radical (unpaired) electrons. The van der Waals surface area contributed by atoms with Crippen molar-refractivity contribution in [1.29, 1.82) is 0 Å². The summed E-state index contributed by atoms with van der Waals surface area (Å²) in [6.07, 6.45) is -6.94. The third kappa shape index (κ3) is 2.32. The van der Waals surface area contributed by atoms with Gasteiger partial charge in [0.15, 0.2) is 0 Å². The standard InChI is InChI=1S/C6H6F8O/c7-3(8)5(11,12)6(13,14)4(9,10)1-2-15/h3,15H,1-2H2. The van der Waals surface area contributed by atoms with Gasteiger partial charge in [0.25, 0.3) is 0 Å². The van der Waals surface area contributed by atoms with E-state index < -0.39 is 37.2 Å². The summed E-state index contributed by atoms with van der Waals surface area (Å²) in [4.78, 5) is 0. The van der Waals surface area contributed by atoms with Crippen LogP contribution in [0.2, 0.25) is 0 Å². The Hall–Kier alpha value is -0.600. The molecule has 0 spiro atoms. The van der Waals surface area contributed by atoms with Crippen molar-refractivity contribution < 1.29 is 40.2 Å². The van der Waals surface area contributed by atoms with Crippen LogP contribution >= 0.6 is 0 Å². The quantitative estimate of drug-likeness (QED) is 0.739. The van der Waals surface area contributed by atoms with E-state index in [2.05, 4.69) is 0 Å². The van der Waals surface area contributed by atoms with Crippen LogP contribution in [0.3, 0.4) is 0 Å². The minimum atomic E-state index is -6.21. The van der Waals surface area contributed by atoms with Gasteiger partial charge in [-0.05, 0) is 0 Å². The maximum Gasteiger partial charge on any atom is 0.377 e. The van der Waals surface area contributed by atoms with Crippen LogP contribution in [0, 0.1) is 0 Å². The molecule has 0 aliphatic rings. The highest BCUT2D eigenvalue weighted by molar-refractivity contribution is 4.97. The second kappa shape index (κ2) is 4.11. The molecule has 0 saturated carbocycles. The van der Waals surface area contributed by atoms with Crippen molar-refractivity contribution >= 4 is 0 Å². The Morgan fingerprint density at radius 3 is 1.60 bits per heavy atom. The summed E-state index contributed by atoms with van der Waals surface area (Å²) in [6.45, 7) is -1.53. The lowest BCUT2D eigenvalue weighted by Crippen LogP contribution is -2.57. The molecule has 0 aromatic carbocycles. The Labute approximate surface area is 78.7 Å². The fraction of sp³-hybridized carbons (Fsp3) is 1.00. The lowest BCUT2D eigenvalue weighted by Gasteiger charge is -2.31. The van der Waals surface area contributed by atoms with E-state index in [0.29, 0.717) is 0 Å². The average molecular weight is 246 g/mol. The maximum absolute atomic E-state index is 12.3. The molecule has 0 aliphatic heterocycles. The first kappa shape index (κ1) is 14.4. The zero-order valence-electron chi connectivity index (χ0n) is 6.96. The van der Waals surface area contributed by atoms with Crippen LogP contribution in [-0.4, -0.2) is 35.9 Å². The highest BCUT2D eigenvalue weighted by Gasteiger charge is 2.74. The third-order valence-electron chi connectivity index (χ3n) is 1.58. The maximum atomic E-state index is 12.3. The zero-order valence-corrected chi connectivity index (χ0v) is 6.96. The first-order chi connectivity index (χ1) is 6.50. The van der Waals surface area contributed by atoms with E-state index in [-0.39, 0.29) is 0 Å².